The molecule has 0 saturated heterocycles. The van der Waals surface area contributed by atoms with Crippen molar-refractivity contribution in [2.45, 2.75) is 87.2 Å². The smallest absolute Gasteiger partial charge is 0.118 e. The molecule has 1 N–H and O–H groups in total. The molecule has 0 radical (unpaired) electrons. The van der Waals surface area contributed by atoms with Crippen molar-refractivity contribution >= 4 is 5.71 Å². The third kappa shape index (κ3) is 5.31. The summed E-state index contributed by atoms with van der Waals surface area (Å²) in [5.74, 6) is 0. The Morgan fingerprint density at radius 2 is 1.61 bits per heavy atom. The van der Waals surface area contributed by atoms with Crippen molar-refractivity contribution in [1.29, 1.82) is 0 Å². The molecular formula is C21H37NO. The van der Waals surface area contributed by atoms with Crippen LogP contribution in [0.3, 0.4) is 0 Å². The van der Waals surface area contributed by atoms with Crippen LogP contribution in [0, 0.1) is 10.8 Å². The van der Waals surface area contributed by atoms with E-state index in [0.717, 1.165) is 29.8 Å². The Hall–Kier alpha value is -0.890. The van der Waals surface area contributed by atoms with Gasteiger partial charge in [-0.15, -0.1) is 0 Å². The first kappa shape index (κ1) is 20.2. The van der Waals surface area contributed by atoms with Gasteiger partial charge in [-0.1, -0.05) is 73.8 Å². The normalized spacial score (nSPS) is 21.9. The Kier molecular flexibility index (Phi) is 6.82. The fourth-order valence-electron chi connectivity index (χ4n) is 3.18. The number of aliphatic imine (C=N–C) groups is 1. The van der Waals surface area contributed by atoms with Crippen LogP contribution in [0.5, 0.6) is 0 Å². The molecule has 23 heavy (non-hydrogen) atoms. The first-order valence-electron chi connectivity index (χ1n) is 9.16. The van der Waals surface area contributed by atoms with Crippen molar-refractivity contribution in [3.05, 3.63) is 22.8 Å². The van der Waals surface area contributed by atoms with Crippen LogP contribution < -0.4 is 0 Å². The van der Waals surface area contributed by atoms with Crippen molar-refractivity contribution in [2.24, 2.45) is 15.8 Å². The molecule has 0 saturated carbocycles. The van der Waals surface area contributed by atoms with E-state index < -0.39 is 6.10 Å². The van der Waals surface area contributed by atoms with Crippen molar-refractivity contribution in [1.82, 2.24) is 0 Å². The van der Waals surface area contributed by atoms with E-state index in [9.17, 15) is 5.11 Å². The minimum Gasteiger partial charge on any atom is -0.382 e. The Bertz CT molecular complexity index is 495. The van der Waals surface area contributed by atoms with Gasteiger partial charge in [-0.3, -0.25) is 4.99 Å². The molecular weight excluding hydrogens is 282 g/mol. The molecule has 0 bridgehead atoms. The molecule has 1 rings (SSSR count). The average molecular weight is 320 g/mol. The van der Waals surface area contributed by atoms with Gasteiger partial charge < -0.3 is 5.11 Å². The Balaban J connectivity index is 3.17. The highest BCUT2D eigenvalue weighted by molar-refractivity contribution is 6.07. The van der Waals surface area contributed by atoms with Crippen molar-refractivity contribution in [3.63, 3.8) is 0 Å². The first-order chi connectivity index (χ1) is 10.5. The first-order valence-corrected chi connectivity index (χ1v) is 9.16. The van der Waals surface area contributed by atoms with Gasteiger partial charge in [0.05, 0.1) is 5.71 Å². The highest BCUT2D eigenvalue weighted by Gasteiger charge is 2.35. The van der Waals surface area contributed by atoms with E-state index in [1.54, 1.807) is 0 Å². The van der Waals surface area contributed by atoms with Gasteiger partial charge in [-0.05, 0) is 40.9 Å². The standard InChI is InChI=1S/C21H37NO/c1-9-10-11-12-13-22-18-15(2)16(20(3,4)5)14-17(19(18)23)21(6,7)8/h14,19,23H,9-13H2,1-8H3. The highest BCUT2D eigenvalue weighted by atomic mass is 16.3. The van der Waals surface area contributed by atoms with Crippen LogP contribution in [0.4, 0.5) is 0 Å². The number of nitrogens with zero attached hydrogens (tertiary/aromatic N) is 1. The molecule has 2 heteroatoms. The summed E-state index contributed by atoms with van der Waals surface area (Å²) >= 11 is 0. The van der Waals surface area contributed by atoms with E-state index in [0.29, 0.717) is 0 Å². The quantitative estimate of drug-likeness (QED) is 0.646. The highest BCUT2D eigenvalue weighted by Crippen LogP contribution is 2.40. The van der Waals surface area contributed by atoms with Crippen molar-refractivity contribution in [3.8, 4) is 0 Å². The Morgan fingerprint density at radius 3 is 2.09 bits per heavy atom. The van der Waals surface area contributed by atoms with Crippen LogP contribution in [-0.4, -0.2) is 23.5 Å². The van der Waals surface area contributed by atoms with Gasteiger partial charge in [0.25, 0.3) is 0 Å². The zero-order valence-electron chi connectivity index (χ0n) is 16.6. The molecule has 1 atom stereocenters. The lowest BCUT2D eigenvalue weighted by Gasteiger charge is -2.36. The molecule has 0 amide bonds. The van der Waals surface area contributed by atoms with E-state index in [-0.39, 0.29) is 10.8 Å². The molecule has 0 aromatic carbocycles. The lowest BCUT2D eigenvalue weighted by molar-refractivity contribution is 0.243. The molecule has 0 aromatic rings. The monoisotopic (exact) mass is 319 g/mol. The van der Waals surface area contributed by atoms with Gasteiger partial charge in [0, 0.05) is 6.54 Å². The van der Waals surface area contributed by atoms with E-state index in [4.69, 9.17) is 4.99 Å². The van der Waals surface area contributed by atoms with E-state index >= 15 is 0 Å². The van der Waals surface area contributed by atoms with Gasteiger partial charge in [0.2, 0.25) is 0 Å². The summed E-state index contributed by atoms with van der Waals surface area (Å²) in [6.45, 7) is 18.4. The third-order valence-electron chi connectivity index (χ3n) is 4.61. The second-order valence-corrected chi connectivity index (χ2v) is 8.87. The van der Waals surface area contributed by atoms with E-state index in [1.807, 2.05) is 0 Å². The van der Waals surface area contributed by atoms with Crippen molar-refractivity contribution < 1.29 is 5.11 Å². The fraction of sp³-hybridized carbons (Fsp3) is 0.762. The second kappa shape index (κ2) is 7.79. The summed E-state index contributed by atoms with van der Waals surface area (Å²) in [4.78, 5) is 4.81. The maximum absolute atomic E-state index is 10.9. The van der Waals surface area contributed by atoms with E-state index in [2.05, 4.69) is 61.5 Å². The molecule has 1 unspecified atom stereocenters. The SMILES string of the molecule is CCCCCCN=C1C(C)=C(C(C)(C)C)C=C(C(C)(C)C)C1O. The van der Waals surface area contributed by atoms with Crippen LogP contribution in [0.1, 0.15) is 81.1 Å². The van der Waals surface area contributed by atoms with Crippen LogP contribution in [0.15, 0.2) is 27.8 Å². The third-order valence-corrected chi connectivity index (χ3v) is 4.61. The molecule has 1 aliphatic rings. The number of hydrogen-bond donors (Lipinski definition) is 1. The van der Waals surface area contributed by atoms with Crippen LogP contribution >= 0.6 is 0 Å². The van der Waals surface area contributed by atoms with E-state index in [1.165, 1.54) is 24.8 Å². The zero-order chi connectivity index (χ0) is 17.8. The van der Waals surface area contributed by atoms with Gasteiger partial charge in [0.15, 0.2) is 0 Å². The Labute approximate surface area is 143 Å². The predicted molar refractivity (Wildman–Crippen MR) is 102 cm³/mol. The summed E-state index contributed by atoms with van der Waals surface area (Å²) in [6, 6.07) is 0. The maximum Gasteiger partial charge on any atom is 0.118 e. The number of aliphatic hydroxyl groups excluding tert-OH is 1. The van der Waals surface area contributed by atoms with Crippen LogP contribution in [0.25, 0.3) is 0 Å². The Morgan fingerprint density at radius 1 is 1.00 bits per heavy atom. The average Bonchev–Trinajstić information content (AvgIpc) is 2.38. The fourth-order valence-corrected chi connectivity index (χ4v) is 3.18. The summed E-state index contributed by atoms with van der Waals surface area (Å²) in [5.41, 5.74) is 4.44. The predicted octanol–water partition coefficient (Wildman–Crippen LogP) is 5.72. The molecule has 0 aliphatic heterocycles. The topological polar surface area (TPSA) is 32.6 Å². The number of allylic oxidation sites excluding steroid dienone is 2. The van der Waals surface area contributed by atoms with Crippen molar-refractivity contribution in [2.75, 3.05) is 6.54 Å². The summed E-state index contributed by atoms with van der Waals surface area (Å²) < 4.78 is 0. The molecule has 132 valence electrons. The number of rotatable bonds is 5. The molecule has 1 aliphatic carbocycles. The minimum absolute atomic E-state index is 0.0560. The molecule has 0 fully saturated rings. The lowest BCUT2D eigenvalue weighted by atomic mass is 9.71. The zero-order valence-corrected chi connectivity index (χ0v) is 16.6. The van der Waals surface area contributed by atoms with Gasteiger partial charge in [-0.25, -0.2) is 0 Å². The van der Waals surface area contributed by atoms with Gasteiger partial charge in [0.1, 0.15) is 6.10 Å². The summed E-state index contributed by atoms with van der Waals surface area (Å²) in [5, 5.41) is 10.9. The van der Waals surface area contributed by atoms with Crippen LogP contribution in [0.2, 0.25) is 0 Å². The summed E-state index contributed by atoms with van der Waals surface area (Å²) in [7, 11) is 0. The number of unbranched alkanes of at least 4 members (excludes halogenated alkanes) is 3. The molecule has 0 spiro atoms. The largest absolute Gasteiger partial charge is 0.382 e. The second-order valence-electron chi connectivity index (χ2n) is 8.87. The maximum atomic E-state index is 10.9. The number of aliphatic hydroxyl groups is 1. The molecule has 0 aromatic heterocycles. The summed E-state index contributed by atoms with van der Waals surface area (Å²) in [6.07, 6.45) is 6.49. The molecule has 2 nitrogen and oxygen atoms in total. The minimum atomic E-state index is -0.563. The van der Waals surface area contributed by atoms with Gasteiger partial charge in [-0.2, -0.15) is 0 Å². The number of hydrogen-bond acceptors (Lipinski definition) is 2. The van der Waals surface area contributed by atoms with Gasteiger partial charge >= 0.3 is 0 Å². The lowest BCUT2D eigenvalue weighted by Crippen LogP contribution is -2.35. The van der Waals surface area contributed by atoms with Crippen LogP contribution in [-0.2, 0) is 0 Å². The molecule has 0 heterocycles.